The van der Waals surface area contributed by atoms with Crippen LogP contribution in [0.5, 0.6) is 0 Å². The van der Waals surface area contributed by atoms with Gasteiger partial charge in [0, 0.05) is 18.1 Å². The Bertz CT molecular complexity index is 391. The molecule has 2 unspecified atom stereocenters. The van der Waals surface area contributed by atoms with Crippen LogP contribution < -0.4 is 10.6 Å². The van der Waals surface area contributed by atoms with E-state index in [-0.39, 0.29) is 11.9 Å². The van der Waals surface area contributed by atoms with E-state index in [0.29, 0.717) is 13.0 Å². The fourth-order valence-corrected chi connectivity index (χ4v) is 2.62. The average Bonchev–Trinajstić information content (AvgIpc) is 2.86. The zero-order valence-corrected chi connectivity index (χ0v) is 10.8. The van der Waals surface area contributed by atoms with Gasteiger partial charge in [0.15, 0.2) is 0 Å². The fraction of sp³-hybridized carbons (Fsp3) is 0.636. The highest BCUT2D eigenvalue weighted by molar-refractivity contribution is 7.09. The molecule has 1 aliphatic heterocycles. The molecule has 0 radical (unpaired) electrons. The van der Waals surface area contributed by atoms with Crippen LogP contribution in [0.25, 0.3) is 0 Å². The molecule has 0 saturated carbocycles. The third-order valence-corrected chi connectivity index (χ3v) is 3.92. The van der Waals surface area contributed by atoms with Gasteiger partial charge in [-0.05, 0) is 20.3 Å². The maximum atomic E-state index is 12.0. The SMILES string of the molecule is CC(C)(NC(=O)C1CC(O)CN1)c1nccs1. The Morgan fingerprint density at radius 3 is 3.00 bits per heavy atom. The van der Waals surface area contributed by atoms with Gasteiger partial charge in [-0.1, -0.05) is 0 Å². The second-order valence-electron chi connectivity index (χ2n) is 4.80. The van der Waals surface area contributed by atoms with Crippen LogP contribution in [-0.2, 0) is 10.3 Å². The molecular weight excluding hydrogens is 238 g/mol. The molecule has 0 aliphatic carbocycles. The molecule has 1 amide bonds. The zero-order chi connectivity index (χ0) is 12.5. The maximum Gasteiger partial charge on any atom is 0.237 e. The second kappa shape index (κ2) is 4.72. The Morgan fingerprint density at radius 1 is 1.71 bits per heavy atom. The van der Waals surface area contributed by atoms with Crippen LogP contribution >= 0.6 is 11.3 Å². The normalized spacial score (nSPS) is 24.9. The maximum absolute atomic E-state index is 12.0. The lowest BCUT2D eigenvalue weighted by Crippen LogP contribution is -2.48. The third-order valence-electron chi connectivity index (χ3n) is 2.83. The molecule has 17 heavy (non-hydrogen) atoms. The smallest absolute Gasteiger partial charge is 0.237 e. The second-order valence-corrected chi connectivity index (χ2v) is 5.70. The van der Waals surface area contributed by atoms with Crippen LogP contribution in [0, 0.1) is 0 Å². The summed E-state index contributed by atoms with van der Waals surface area (Å²) < 4.78 is 0. The molecule has 6 heteroatoms. The summed E-state index contributed by atoms with van der Waals surface area (Å²) in [7, 11) is 0. The summed E-state index contributed by atoms with van der Waals surface area (Å²) in [4.78, 5) is 16.2. The van der Waals surface area contributed by atoms with Crippen LogP contribution in [0.1, 0.15) is 25.3 Å². The topological polar surface area (TPSA) is 74.2 Å². The number of aliphatic hydroxyl groups is 1. The van der Waals surface area contributed by atoms with Crippen molar-refractivity contribution in [2.45, 2.75) is 38.0 Å². The molecule has 94 valence electrons. The molecule has 0 bridgehead atoms. The number of thiazole rings is 1. The van der Waals surface area contributed by atoms with E-state index >= 15 is 0 Å². The van der Waals surface area contributed by atoms with Crippen molar-refractivity contribution in [2.24, 2.45) is 0 Å². The van der Waals surface area contributed by atoms with Gasteiger partial charge in [0.1, 0.15) is 5.01 Å². The highest BCUT2D eigenvalue weighted by atomic mass is 32.1. The molecule has 1 saturated heterocycles. The van der Waals surface area contributed by atoms with Crippen molar-refractivity contribution in [3.8, 4) is 0 Å². The molecule has 2 heterocycles. The van der Waals surface area contributed by atoms with Gasteiger partial charge in [-0.2, -0.15) is 0 Å². The number of hydrogen-bond acceptors (Lipinski definition) is 5. The first-order chi connectivity index (χ1) is 7.99. The largest absolute Gasteiger partial charge is 0.392 e. The van der Waals surface area contributed by atoms with Crippen molar-refractivity contribution in [2.75, 3.05) is 6.54 Å². The number of hydrogen-bond donors (Lipinski definition) is 3. The molecule has 1 aromatic rings. The van der Waals surface area contributed by atoms with Gasteiger partial charge in [-0.15, -0.1) is 11.3 Å². The number of carbonyl (C=O) groups excluding carboxylic acids is 1. The standard InChI is InChI=1S/C11H17N3O2S/c1-11(2,10-12-3-4-17-10)14-9(16)8-5-7(15)6-13-8/h3-4,7-8,13,15H,5-6H2,1-2H3,(H,14,16). The summed E-state index contributed by atoms with van der Waals surface area (Å²) in [5.41, 5.74) is -0.472. The first kappa shape index (κ1) is 12.5. The Hall–Kier alpha value is -0.980. The van der Waals surface area contributed by atoms with Crippen LogP contribution in [0.15, 0.2) is 11.6 Å². The zero-order valence-electron chi connectivity index (χ0n) is 9.93. The lowest BCUT2D eigenvalue weighted by molar-refractivity contribution is -0.124. The summed E-state index contributed by atoms with van der Waals surface area (Å²) in [6, 6.07) is -0.302. The van der Waals surface area contributed by atoms with Crippen molar-refractivity contribution in [3.63, 3.8) is 0 Å². The first-order valence-electron chi connectivity index (χ1n) is 5.62. The number of nitrogens with zero attached hydrogens (tertiary/aromatic N) is 1. The number of β-amino-alcohol motifs (C(OH)–C–C–N with tert-alkyl or cyclic N) is 1. The summed E-state index contributed by atoms with van der Waals surface area (Å²) in [6.07, 6.45) is 1.78. The van der Waals surface area contributed by atoms with Crippen LogP contribution in [-0.4, -0.2) is 34.7 Å². The van der Waals surface area contributed by atoms with Gasteiger partial charge in [-0.3, -0.25) is 4.79 Å². The van der Waals surface area contributed by atoms with E-state index in [1.807, 2.05) is 19.2 Å². The number of aliphatic hydroxyl groups excluding tert-OH is 1. The third kappa shape index (κ3) is 2.83. The number of aromatic nitrogens is 1. The van der Waals surface area contributed by atoms with Crippen LogP contribution in [0.3, 0.4) is 0 Å². The van der Waals surface area contributed by atoms with E-state index in [1.54, 1.807) is 6.20 Å². The van der Waals surface area contributed by atoms with Crippen molar-refractivity contribution in [1.29, 1.82) is 0 Å². The van der Waals surface area contributed by atoms with E-state index in [2.05, 4.69) is 15.6 Å². The minimum atomic E-state index is -0.472. The van der Waals surface area contributed by atoms with Gasteiger partial charge in [0.2, 0.25) is 5.91 Å². The molecule has 0 spiro atoms. The van der Waals surface area contributed by atoms with Gasteiger partial charge in [0.25, 0.3) is 0 Å². The Labute approximate surface area is 104 Å². The van der Waals surface area contributed by atoms with E-state index in [9.17, 15) is 9.90 Å². The molecule has 1 aliphatic rings. The monoisotopic (exact) mass is 255 g/mol. The summed E-state index contributed by atoms with van der Waals surface area (Å²) in [5, 5.41) is 18.1. The van der Waals surface area contributed by atoms with E-state index in [0.717, 1.165) is 5.01 Å². The fourth-order valence-electron chi connectivity index (χ4n) is 1.90. The lowest BCUT2D eigenvalue weighted by atomic mass is 10.1. The minimum absolute atomic E-state index is 0.0817. The molecular formula is C11H17N3O2S. The van der Waals surface area contributed by atoms with E-state index in [4.69, 9.17) is 0 Å². The number of carbonyl (C=O) groups is 1. The van der Waals surface area contributed by atoms with Crippen molar-refractivity contribution in [1.82, 2.24) is 15.6 Å². The van der Waals surface area contributed by atoms with Crippen LogP contribution in [0.4, 0.5) is 0 Å². The van der Waals surface area contributed by atoms with Crippen molar-refractivity contribution in [3.05, 3.63) is 16.6 Å². The van der Waals surface area contributed by atoms with Gasteiger partial charge in [0.05, 0.1) is 17.7 Å². The highest BCUT2D eigenvalue weighted by Crippen LogP contribution is 2.22. The van der Waals surface area contributed by atoms with Gasteiger partial charge < -0.3 is 15.7 Å². The molecule has 1 fully saturated rings. The average molecular weight is 255 g/mol. The minimum Gasteiger partial charge on any atom is -0.392 e. The number of nitrogens with one attached hydrogen (secondary N) is 2. The van der Waals surface area contributed by atoms with Crippen molar-refractivity contribution < 1.29 is 9.90 Å². The highest BCUT2D eigenvalue weighted by Gasteiger charge is 2.32. The molecule has 1 aromatic heterocycles. The summed E-state index contributed by atoms with van der Waals surface area (Å²) >= 11 is 1.52. The lowest BCUT2D eigenvalue weighted by Gasteiger charge is -2.25. The Balaban J connectivity index is 1.99. The Kier molecular flexibility index (Phi) is 3.46. The van der Waals surface area contributed by atoms with E-state index in [1.165, 1.54) is 11.3 Å². The summed E-state index contributed by atoms with van der Waals surface area (Å²) in [6.45, 7) is 4.33. The van der Waals surface area contributed by atoms with Gasteiger partial charge in [-0.25, -0.2) is 4.98 Å². The summed E-state index contributed by atoms with van der Waals surface area (Å²) in [5.74, 6) is -0.0817. The molecule has 5 nitrogen and oxygen atoms in total. The van der Waals surface area contributed by atoms with Gasteiger partial charge >= 0.3 is 0 Å². The molecule has 3 N–H and O–H groups in total. The number of rotatable bonds is 3. The molecule has 0 aromatic carbocycles. The first-order valence-corrected chi connectivity index (χ1v) is 6.50. The van der Waals surface area contributed by atoms with Crippen molar-refractivity contribution >= 4 is 17.2 Å². The van der Waals surface area contributed by atoms with E-state index < -0.39 is 11.6 Å². The molecule has 2 rings (SSSR count). The predicted octanol–water partition coefficient (Wildman–Crippen LogP) is 0.217. The quantitative estimate of drug-likeness (QED) is 0.722. The predicted molar refractivity (Wildman–Crippen MR) is 65.7 cm³/mol. The van der Waals surface area contributed by atoms with Crippen LogP contribution in [0.2, 0.25) is 0 Å². The Morgan fingerprint density at radius 2 is 2.47 bits per heavy atom. The molecule has 2 atom stereocenters. The number of amides is 1.